The minimum atomic E-state index is -0.725. The molecule has 1 saturated carbocycles. The van der Waals surface area contributed by atoms with Gasteiger partial charge in [0.05, 0.1) is 5.60 Å². The zero-order valence-corrected chi connectivity index (χ0v) is 10.0. The molecule has 0 bridgehead atoms. The van der Waals surface area contributed by atoms with Gasteiger partial charge in [0.15, 0.2) is 11.6 Å². The predicted octanol–water partition coefficient (Wildman–Crippen LogP) is 2.38. The number of fused-ring (bicyclic) bond motifs is 1. The summed E-state index contributed by atoms with van der Waals surface area (Å²) in [7, 11) is 0. The number of ether oxygens (including phenoxy) is 2. The Morgan fingerprint density at radius 3 is 2.88 bits per heavy atom. The van der Waals surface area contributed by atoms with Gasteiger partial charge in [-0.05, 0) is 18.9 Å². The molecule has 0 radical (unpaired) electrons. The van der Waals surface area contributed by atoms with Crippen LogP contribution in [0.1, 0.15) is 18.4 Å². The van der Waals surface area contributed by atoms with Crippen LogP contribution in [0.25, 0.3) is 0 Å². The lowest BCUT2D eigenvalue weighted by Crippen LogP contribution is -2.12. The monoisotopic (exact) mass is 288 g/mol. The summed E-state index contributed by atoms with van der Waals surface area (Å²) in [5.41, 5.74) is -0.263. The fourth-order valence-electron chi connectivity index (χ4n) is 1.82. The van der Waals surface area contributed by atoms with Gasteiger partial charge in [0.2, 0.25) is 12.5 Å². The van der Waals surface area contributed by atoms with Crippen LogP contribution in [0.15, 0.2) is 10.5 Å². The van der Waals surface area contributed by atoms with Crippen molar-refractivity contribution in [1.29, 1.82) is 0 Å². The zero-order valence-electron chi connectivity index (χ0n) is 8.43. The van der Waals surface area contributed by atoms with E-state index in [2.05, 4.69) is 15.9 Å². The van der Waals surface area contributed by atoms with E-state index in [0.717, 1.165) is 12.8 Å². The first-order valence-corrected chi connectivity index (χ1v) is 5.87. The molecule has 1 fully saturated rings. The summed E-state index contributed by atoms with van der Waals surface area (Å²) >= 11 is 3.29. The van der Waals surface area contributed by atoms with Crippen molar-refractivity contribution >= 4 is 15.9 Å². The second-order valence-corrected chi connectivity index (χ2v) is 5.14. The van der Waals surface area contributed by atoms with E-state index in [0.29, 0.717) is 22.2 Å². The highest BCUT2D eigenvalue weighted by molar-refractivity contribution is 9.10. The van der Waals surface area contributed by atoms with Crippen LogP contribution < -0.4 is 9.47 Å². The maximum Gasteiger partial charge on any atom is 0.231 e. The molecule has 1 N–H and O–H groups in total. The number of hydrogen-bond acceptors (Lipinski definition) is 3. The van der Waals surface area contributed by atoms with E-state index in [1.54, 1.807) is 6.07 Å². The van der Waals surface area contributed by atoms with Crippen molar-refractivity contribution in [2.45, 2.75) is 24.9 Å². The fourth-order valence-corrected chi connectivity index (χ4v) is 2.35. The van der Waals surface area contributed by atoms with Crippen LogP contribution in [0.2, 0.25) is 0 Å². The first-order valence-electron chi connectivity index (χ1n) is 5.08. The number of rotatable bonds is 2. The Labute approximate surface area is 100 Å². The smallest absolute Gasteiger partial charge is 0.231 e. The predicted molar refractivity (Wildman–Crippen MR) is 58.1 cm³/mol. The van der Waals surface area contributed by atoms with Crippen molar-refractivity contribution in [3.8, 4) is 11.5 Å². The zero-order chi connectivity index (χ0) is 11.3. The van der Waals surface area contributed by atoms with Gasteiger partial charge in [0, 0.05) is 16.5 Å². The fraction of sp³-hybridized carbons (Fsp3) is 0.455. The van der Waals surface area contributed by atoms with E-state index in [4.69, 9.17) is 9.47 Å². The second kappa shape index (κ2) is 3.34. The average Bonchev–Trinajstić information content (AvgIpc) is 2.77. The largest absolute Gasteiger partial charge is 0.453 e. The van der Waals surface area contributed by atoms with Crippen molar-refractivity contribution in [2.75, 3.05) is 6.79 Å². The lowest BCUT2D eigenvalue weighted by Gasteiger charge is -2.12. The maximum atomic E-state index is 14.0. The molecule has 1 aromatic rings. The van der Waals surface area contributed by atoms with Crippen LogP contribution in [0.5, 0.6) is 11.5 Å². The van der Waals surface area contributed by atoms with Gasteiger partial charge in [-0.25, -0.2) is 4.39 Å². The Balaban J connectivity index is 2.03. The van der Waals surface area contributed by atoms with Crippen LogP contribution in [-0.4, -0.2) is 17.5 Å². The summed E-state index contributed by atoms with van der Waals surface area (Å²) in [5.74, 6) is 0.139. The summed E-state index contributed by atoms with van der Waals surface area (Å²) in [6, 6.07) is 1.69. The number of halogens is 2. The second-order valence-electron chi connectivity index (χ2n) is 4.29. The van der Waals surface area contributed by atoms with Crippen molar-refractivity contribution in [3.05, 3.63) is 21.9 Å². The highest BCUT2D eigenvalue weighted by Gasteiger charge is 2.42. The summed E-state index contributed by atoms with van der Waals surface area (Å²) in [6.07, 6.45) is 1.77. The lowest BCUT2D eigenvalue weighted by atomic mass is 10.1. The Morgan fingerprint density at radius 1 is 1.44 bits per heavy atom. The molecule has 1 heterocycles. The van der Waals surface area contributed by atoms with Gasteiger partial charge in [-0.3, -0.25) is 0 Å². The first kappa shape index (κ1) is 10.4. The standard InChI is InChI=1S/C11H10BrFO3/c12-7-3-8-10(16-5-15-8)9(13)6(7)4-11(14)1-2-11/h3,14H,1-2,4-5H2. The molecule has 0 unspecified atom stereocenters. The van der Waals surface area contributed by atoms with E-state index in [-0.39, 0.29) is 12.5 Å². The minimum Gasteiger partial charge on any atom is -0.453 e. The topological polar surface area (TPSA) is 38.7 Å². The molecule has 1 aliphatic heterocycles. The molecule has 16 heavy (non-hydrogen) atoms. The van der Waals surface area contributed by atoms with Crippen LogP contribution in [0, 0.1) is 5.82 Å². The highest BCUT2D eigenvalue weighted by atomic mass is 79.9. The van der Waals surface area contributed by atoms with Gasteiger partial charge < -0.3 is 14.6 Å². The SMILES string of the molecule is OC1(Cc2c(Br)cc3c(c2F)OCO3)CC1. The Bertz CT molecular complexity index is 457. The first-order chi connectivity index (χ1) is 7.59. The van der Waals surface area contributed by atoms with Gasteiger partial charge in [0.1, 0.15) is 0 Å². The number of benzene rings is 1. The Hall–Kier alpha value is -0.810. The van der Waals surface area contributed by atoms with E-state index in [9.17, 15) is 9.50 Å². The lowest BCUT2D eigenvalue weighted by molar-refractivity contribution is 0.149. The summed E-state index contributed by atoms with van der Waals surface area (Å²) < 4.78 is 24.8. The molecular formula is C11H10BrFO3. The molecule has 0 amide bonds. The van der Waals surface area contributed by atoms with Gasteiger partial charge >= 0.3 is 0 Å². The molecular weight excluding hydrogens is 279 g/mol. The van der Waals surface area contributed by atoms with Gasteiger partial charge in [-0.2, -0.15) is 0 Å². The third-order valence-corrected chi connectivity index (χ3v) is 3.69. The average molecular weight is 289 g/mol. The van der Waals surface area contributed by atoms with Gasteiger partial charge in [-0.15, -0.1) is 0 Å². The maximum absolute atomic E-state index is 14.0. The molecule has 1 aromatic carbocycles. The molecule has 2 aliphatic rings. The summed E-state index contributed by atoms with van der Waals surface area (Å²) in [4.78, 5) is 0. The van der Waals surface area contributed by atoms with Crippen LogP contribution in [-0.2, 0) is 6.42 Å². The molecule has 0 aromatic heterocycles. The molecule has 3 nitrogen and oxygen atoms in total. The molecule has 5 heteroatoms. The number of hydrogen-bond donors (Lipinski definition) is 1. The van der Waals surface area contributed by atoms with Crippen LogP contribution >= 0.6 is 15.9 Å². The van der Waals surface area contributed by atoms with Gasteiger partial charge in [-0.1, -0.05) is 15.9 Å². The summed E-state index contributed by atoms with van der Waals surface area (Å²) in [5, 5.41) is 9.82. The van der Waals surface area contributed by atoms with Crippen molar-refractivity contribution in [2.24, 2.45) is 0 Å². The minimum absolute atomic E-state index is 0.0480. The molecule has 0 spiro atoms. The van der Waals surface area contributed by atoms with Crippen LogP contribution in [0.3, 0.4) is 0 Å². The third kappa shape index (κ3) is 1.58. The Morgan fingerprint density at radius 2 is 2.19 bits per heavy atom. The highest BCUT2D eigenvalue weighted by Crippen LogP contribution is 2.45. The molecule has 3 rings (SSSR count). The molecule has 86 valence electrons. The van der Waals surface area contributed by atoms with E-state index in [1.807, 2.05) is 0 Å². The Kier molecular flexibility index (Phi) is 2.16. The molecule has 1 aliphatic carbocycles. The molecule has 0 atom stereocenters. The van der Waals surface area contributed by atoms with Gasteiger partial charge in [0.25, 0.3) is 0 Å². The number of aliphatic hydroxyl groups is 1. The van der Waals surface area contributed by atoms with Crippen molar-refractivity contribution in [1.82, 2.24) is 0 Å². The van der Waals surface area contributed by atoms with Crippen LogP contribution in [0.4, 0.5) is 4.39 Å². The van der Waals surface area contributed by atoms with Crippen molar-refractivity contribution in [3.63, 3.8) is 0 Å². The third-order valence-electron chi connectivity index (χ3n) is 2.98. The van der Waals surface area contributed by atoms with E-state index < -0.39 is 11.4 Å². The van der Waals surface area contributed by atoms with E-state index in [1.165, 1.54) is 0 Å². The van der Waals surface area contributed by atoms with E-state index >= 15 is 0 Å². The normalized spacial score (nSPS) is 19.9. The summed E-state index contributed by atoms with van der Waals surface area (Å²) in [6.45, 7) is 0.0480. The quantitative estimate of drug-likeness (QED) is 0.908. The van der Waals surface area contributed by atoms with Crippen molar-refractivity contribution < 1.29 is 19.0 Å². The molecule has 0 saturated heterocycles.